The number of phenolic OH excluding ortho intramolecular Hbond substituents is 1. The predicted octanol–water partition coefficient (Wildman–Crippen LogP) is -2.42. The second-order valence-electron chi connectivity index (χ2n) is 8.95. The minimum Gasteiger partial charge on any atom is -0.508 e. The summed E-state index contributed by atoms with van der Waals surface area (Å²) in [6.45, 7) is 1.70. The number of phenols is 1. The lowest BCUT2D eigenvalue weighted by Gasteiger charge is -2.26. The van der Waals surface area contributed by atoms with Crippen LogP contribution in [-0.4, -0.2) is 81.7 Å². The molecule has 0 aliphatic rings. The Morgan fingerprint density at radius 1 is 0.895 bits per heavy atom. The molecule has 0 fully saturated rings. The predicted molar refractivity (Wildman–Crippen MR) is 136 cm³/mol. The molecule has 0 aliphatic heterocycles. The van der Waals surface area contributed by atoms with Crippen LogP contribution in [-0.2, 0) is 30.4 Å². The Kier molecular flexibility index (Phi) is 13.7. The van der Waals surface area contributed by atoms with Crippen LogP contribution in [0.5, 0.6) is 5.75 Å². The van der Waals surface area contributed by atoms with Crippen LogP contribution in [0.25, 0.3) is 0 Å². The van der Waals surface area contributed by atoms with Crippen molar-refractivity contribution in [2.45, 2.75) is 75.7 Å². The van der Waals surface area contributed by atoms with Gasteiger partial charge in [0, 0.05) is 12.8 Å². The lowest BCUT2D eigenvalue weighted by molar-refractivity contribution is -0.142. The second-order valence-corrected chi connectivity index (χ2v) is 8.95. The van der Waals surface area contributed by atoms with Crippen LogP contribution in [0.15, 0.2) is 24.3 Å². The molecule has 0 saturated carbocycles. The van der Waals surface area contributed by atoms with E-state index in [-0.39, 0.29) is 25.0 Å². The molecule has 4 amide bonds. The molecule has 0 bridgehead atoms. The van der Waals surface area contributed by atoms with Crippen molar-refractivity contribution in [2.24, 2.45) is 17.2 Å². The Balaban J connectivity index is 3.08. The van der Waals surface area contributed by atoms with Crippen LogP contribution in [0.3, 0.4) is 0 Å². The van der Waals surface area contributed by atoms with Gasteiger partial charge in [-0.3, -0.25) is 19.2 Å². The summed E-state index contributed by atoms with van der Waals surface area (Å²) in [5.41, 5.74) is 16.9. The van der Waals surface area contributed by atoms with Crippen LogP contribution in [0.4, 0.5) is 0 Å². The fourth-order valence-electron chi connectivity index (χ4n) is 3.46. The number of unbranched alkanes of at least 4 members (excludes halogenated alkanes) is 1. The number of benzene rings is 1. The van der Waals surface area contributed by atoms with Gasteiger partial charge in [-0.2, -0.15) is 0 Å². The maximum absolute atomic E-state index is 13.1. The van der Waals surface area contributed by atoms with Crippen molar-refractivity contribution in [1.82, 2.24) is 16.0 Å². The number of carboxylic acid groups (broad SMARTS) is 1. The third-order valence-corrected chi connectivity index (χ3v) is 5.67. The lowest BCUT2D eigenvalue weighted by Crippen LogP contribution is -2.60. The summed E-state index contributed by atoms with van der Waals surface area (Å²) in [5.74, 6) is -4.68. The number of rotatable bonds is 17. The molecule has 5 atom stereocenters. The van der Waals surface area contributed by atoms with Crippen molar-refractivity contribution in [2.75, 3.05) is 6.54 Å². The molecule has 14 heteroatoms. The first-order chi connectivity index (χ1) is 17.8. The normalized spacial score (nSPS) is 14.8. The van der Waals surface area contributed by atoms with Gasteiger partial charge in [-0.15, -0.1) is 0 Å². The maximum Gasteiger partial charge on any atom is 0.326 e. The number of aliphatic hydroxyl groups excluding tert-OH is 1. The molecule has 14 nitrogen and oxygen atoms in total. The number of aliphatic carboxylic acids is 1. The van der Waals surface area contributed by atoms with Crippen LogP contribution >= 0.6 is 0 Å². The summed E-state index contributed by atoms with van der Waals surface area (Å²) in [7, 11) is 0. The van der Waals surface area contributed by atoms with Crippen molar-refractivity contribution in [3.8, 4) is 5.75 Å². The Labute approximate surface area is 220 Å². The van der Waals surface area contributed by atoms with Gasteiger partial charge in [0.25, 0.3) is 0 Å². The molecule has 12 N–H and O–H groups in total. The number of primary amides is 1. The van der Waals surface area contributed by atoms with E-state index in [0.29, 0.717) is 31.4 Å². The molecule has 1 rings (SSSR count). The zero-order valence-corrected chi connectivity index (χ0v) is 21.3. The van der Waals surface area contributed by atoms with E-state index in [2.05, 4.69) is 16.0 Å². The molecule has 1 aromatic carbocycles. The monoisotopic (exact) mass is 538 g/mol. The van der Waals surface area contributed by atoms with E-state index in [1.165, 1.54) is 31.2 Å². The number of carbonyl (C=O) groups excluding carboxylic acids is 4. The first-order valence-corrected chi connectivity index (χ1v) is 12.2. The summed E-state index contributed by atoms with van der Waals surface area (Å²) < 4.78 is 0. The molecule has 0 saturated heterocycles. The first-order valence-electron chi connectivity index (χ1n) is 12.2. The van der Waals surface area contributed by atoms with Gasteiger partial charge >= 0.3 is 5.97 Å². The summed E-state index contributed by atoms with van der Waals surface area (Å²) in [4.78, 5) is 61.2. The topological polar surface area (TPSA) is 260 Å². The third kappa shape index (κ3) is 11.5. The number of amides is 4. The summed E-state index contributed by atoms with van der Waals surface area (Å²) in [6, 6.07) is 0.493. The van der Waals surface area contributed by atoms with Gasteiger partial charge < -0.3 is 48.5 Å². The summed E-state index contributed by atoms with van der Waals surface area (Å²) >= 11 is 0. The zero-order valence-electron chi connectivity index (χ0n) is 21.3. The molecule has 0 aromatic heterocycles. The molecule has 0 heterocycles. The van der Waals surface area contributed by atoms with Gasteiger partial charge in [-0.05, 0) is 50.4 Å². The van der Waals surface area contributed by atoms with Crippen molar-refractivity contribution in [3.63, 3.8) is 0 Å². The molecule has 212 valence electrons. The number of hydrogen-bond donors (Lipinski definition) is 9. The smallest absolute Gasteiger partial charge is 0.326 e. The largest absolute Gasteiger partial charge is 0.508 e. The molecule has 0 aliphatic carbocycles. The number of nitrogens with two attached hydrogens (primary N) is 3. The number of nitrogens with one attached hydrogen (secondary N) is 3. The minimum absolute atomic E-state index is 0.0316. The fraction of sp³-hybridized carbons (Fsp3) is 0.542. The lowest BCUT2D eigenvalue weighted by atomic mass is 10.0. The Hall–Kier alpha value is -3.75. The van der Waals surface area contributed by atoms with Gasteiger partial charge in [0.1, 0.15) is 23.9 Å². The highest BCUT2D eigenvalue weighted by Gasteiger charge is 2.32. The van der Waals surface area contributed by atoms with E-state index >= 15 is 0 Å². The second kappa shape index (κ2) is 16.2. The van der Waals surface area contributed by atoms with Gasteiger partial charge in [0.15, 0.2) is 0 Å². The molecule has 1 aromatic rings. The van der Waals surface area contributed by atoms with Crippen LogP contribution in [0, 0.1) is 0 Å². The summed E-state index contributed by atoms with van der Waals surface area (Å²) in [5, 5.41) is 36.2. The van der Waals surface area contributed by atoms with Crippen LogP contribution in [0.2, 0.25) is 0 Å². The maximum atomic E-state index is 13.1. The molecule has 5 unspecified atom stereocenters. The highest BCUT2D eigenvalue weighted by molar-refractivity contribution is 5.94. The number of carboxylic acids is 1. The third-order valence-electron chi connectivity index (χ3n) is 5.67. The molecular weight excluding hydrogens is 500 g/mol. The van der Waals surface area contributed by atoms with Crippen LogP contribution in [0.1, 0.15) is 44.6 Å². The van der Waals surface area contributed by atoms with Gasteiger partial charge in [-0.1, -0.05) is 18.6 Å². The van der Waals surface area contributed by atoms with Crippen molar-refractivity contribution < 1.29 is 39.3 Å². The van der Waals surface area contributed by atoms with E-state index in [1.807, 2.05) is 0 Å². The molecule has 38 heavy (non-hydrogen) atoms. The van der Waals surface area contributed by atoms with Crippen LogP contribution < -0.4 is 33.2 Å². The summed E-state index contributed by atoms with van der Waals surface area (Å²) in [6.07, 6.45) is -0.504. The number of carbonyl (C=O) groups is 5. The van der Waals surface area contributed by atoms with E-state index < -0.39 is 59.9 Å². The van der Waals surface area contributed by atoms with Crippen molar-refractivity contribution in [1.29, 1.82) is 0 Å². The average molecular weight is 539 g/mol. The molecule has 0 spiro atoms. The number of aliphatic hydroxyl groups is 1. The van der Waals surface area contributed by atoms with Gasteiger partial charge in [0.05, 0.1) is 12.1 Å². The SMILES string of the molecule is CC(O)C(NC(=O)C(N)CCCCN)C(=O)NC(Cc1ccc(O)cc1)C(=O)NC(CCC(N)=O)C(=O)O. The van der Waals surface area contributed by atoms with Crippen molar-refractivity contribution in [3.05, 3.63) is 29.8 Å². The minimum atomic E-state index is -1.47. The Morgan fingerprint density at radius 2 is 1.50 bits per heavy atom. The van der Waals surface area contributed by atoms with Crippen molar-refractivity contribution >= 4 is 29.6 Å². The van der Waals surface area contributed by atoms with E-state index in [0.717, 1.165) is 0 Å². The highest BCUT2D eigenvalue weighted by atomic mass is 16.4. The molecular formula is C24H38N6O8. The Morgan fingerprint density at radius 3 is 2.03 bits per heavy atom. The first kappa shape index (κ1) is 32.3. The quantitative estimate of drug-likeness (QED) is 0.0947. The number of aromatic hydroxyl groups is 1. The van der Waals surface area contributed by atoms with E-state index in [4.69, 9.17) is 17.2 Å². The van der Waals surface area contributed by atoms with E-state index in [1.54, 1.807) is 0 Å². The standard InChI is InChI=1S/C24H38N6O8/c1-13(31)20(30-21(34)16(26)4-2-3-11-25)23(36)29-18(12-14-5-7-15(32)8-6-14)22(35)28-17(24(37)38)9-10-19(27)33/h5-8,13,16-18,20,31-32H,2-4,9-12,25-26H2,1H3,(H2,27,33)(H,28,35)(H,29,36)(H,30,34)(H,37,38). The highest BCUT2D eigenvalue weighted by Crippen LogP contribution is 2.12. The van der Waals surface area contributed by atoms with Gasteiger partial charge in [-0.25, -0.2) is 4.79 Å². The number of hydrogen-bond acceptors (Lipinski definition) is 9. The average Bonchev–Trinajstić information content (AvgIpc) is 2.84. The fourth-order valence-corrected chi connectivity index (χ4v) is 3.46. The zero-order chi connectivity index (χ0) is 28.8. The molecule has 0 radical (unpaired) electrons. The van der Waals surface area contributed by atoms with E-state index in [9.17, 15) is 39.3 Å². The Bertz CT molecular complexity index is 956. The van der Waals surface area contributed by atoms with Gasteiger partial charge in [0.2, 0.25) is 23.6 Å².